The Hall–Kier alpha value is -10.3. The van der Waals surface area contributed by atoms with Crippen LogP contribution in [-0.4, -0.2) is 59.6 Å². The average Bonchev–Trinajstić information content (AvgIpc) is 0.867. The van der Waals surface area contributed by atoms with Gasteiger partial charge >= 0.3 is 0 Å². The van der Waals surface area contributed by atoms with Crippen LogP contribution >= 0.6 is 0 Å². The van der Waals surface area contributed by atoms with Crippen LogP contribution in [0.15, 0.2) is 133 Å². The molecule has 0 aliphatic carbocycles. The van der Waals surface area contributed by atoms with Crippen molar-refractivity contribution in [3.05, 3.63) is 178 Å². The van der Waals surface area contributed by atoms with Gasteiger partial charge in [-0.15, -0.1) is 0 Å². The number of benzene rings is 10. The molecule has 0 saturated heterocycles. The molecule has 114 heavy (non-hydrogen) atoms. The molecule has 0 fully saturated rings. The highest BCUT2D eigenvalue weighted by Crippen LogP contribution is 2.53. The van der Waals surface area contributed by atoms with E-state index in [9.17, 15) is 0 Å². The van der Waals surface area contributed by atoms with Crippen LogP contribution < -0.4 is 28.4 Å². The van der Waals surface area contributed by atoms with E-state index in [1.807, 2.05) is 0 Å². The smallest absolute Gasteiger partial charge is 0.130 e. The number of fused-ring (bicyclic) bond motifs is 8. The van der Waals surface area contributed by atoms with Crippen LogP contribution in [0.25, 0.3) is 156 Å². The number of hydrogen-bond donors (Lipinski definition) is 2. The predicted octanol–water partition coefficient (Wildman–Crippen LogP) is 29.4. The summed E-state index contributed by atoms with van der Waals surface area (Å²) in [6.07, 6.45) is 20.6. The number of rotatable bonds is 28. The monoisotopic (exact) mass is 1520 g/mol. The molecule has 0 spiro atoms. The van der Waals surface area contributed by atoms with E-state index in [1.54, 1.807) is 0 Å². The molecule has 2 aliphatic rings. The van der Waals surface area contributed by atoms with Crippen LogP contribution in [0.3, 0.4) is 0 Å². The molecule has 15 rings (SSSR count). The highest BCUT2D eigenvalue weighted by molar-refractivity contribution is 6.31. The molecule has 0 unspecified atom stereocenters. The molecule has 10 nitrogen and oxygen atoms in total. The molecule has 8 bridgehead atoms. The normalized spacial score (nSPS) is 12.9. The molecule has 5 heterocycles. The van der Waals surface area contributed by atoms with E-state index in [1.165, 1.54) is 22.3 Å². The van der Waals surface area contributed by atoms with E-state index in [-0.39, 0.29) is 21.7 Å². The third kappa shape index (κ3) is 15.3. The number of aromatic nitrogens is 4. The Kier molecular flexibility index (Phi) is 22.3. The van der Waals surface area contributed by atoms with Crippen LogP contribution in [0.5, 0.6) is 34.5 Å². The number of ether oxygens (including phenoxy) is 6. The molecule has 10 heteroatoms. The fraction of sp³-hybridized carbons (Fsp3) is 0.385. The van der Waals surface area contributed by atoms with Gasteiger partial charge in [-0.25, -0.2) is 9.97 Å². The molecule has 0 saturated carbocycles. The van der Waals surface area contributed by atoms with Crippen molar-refractivity contribution < 1.29 is 28.4 Å². The summed E-state index contributed by atoms with van der Waals surface area (Å²) in [7, 11) is 0. The Bertz CT molecular complexity index is 5520. The summed E-state index contributed by atoms with van der Waals surface area (Å²) in [6.45, 7) is 44.7. The summed E-state index contributed by atoms with van der Waals surface area (Å²) < 4.78 is 41.7. The van der Waals surface area contributed by atoms with Crippen molar-refractivity contribution >= 4 is 111 Å². The topological polar surface area (TPSA) is 113 Å². The van der Waals surface area contributed by atoms with Crippen molar-refractivity contribution in [2.75, 3.05) is 39.6 Å². The zero-order valence-corrected chi connectivity index (χ0v) is 71.1. The molecule has 2 N–H and O–H groups in total. The second-order valence-electron chi connectivity index (χ2n) is 36.0. The Balaban J connectivity index is 1.13. The zero-order valence-electron chi connectivity index (χ0n) is 71.1. The Morgan fingerprint density at radius 1 is 0.254 bits per heavy atom. The Morgan fingerprint density at radius 2 is 0.474 bits per heavy atom. The fourth-order valence-electron chi connectivity index (χ4n) is 16.5. The lowest BCUT2D eigenvalue weighted by atomic mass is 9.78. The molecule has 13 aromatic rings. The van der Waals surface area contributed by atoms with Crippen molar-refractivity contribution in [1.29, 1.82) is 0 Å². The van der Waals surface area contributed by atoms with Crippen molar-refractivity contribution in [2.45, 2.75) is 223 Å². The number of nitrogens with one attached hydrogen (secondary N) is 2. The maximum atomic E-state index is 7.18. The van der Waals surface area contributed by atoms with Crippen molar-refractivity contribution in [1.82, 2.24) is 19.9 Å². The SMILES string of the molecule is CCCCOc1cc(OCCCC)c2ccc3c(-c4c5nc(c(-c6cc(C(C)(C)C)cc(C(C)(C)C)c6)c6ccc([nH]6)c(-c6cc(OCCCC)c7ccc8c(OCCCC)cc(OCCCC)c9ccc6c7c89)c6nc(c(-c7cc(C(C)(C)C)cc(C(C)(C)C)c7)c7ccc4[nH]7)C=C6)C=C5)cc(OCCCC)c4ccc1c2c43. The minimum absolute atomic E-state index is 0.194. The fourth-order valence-corrected chi connectivity index (χ4v) is 16.5. The van der Waals surface area contributed by atoms with Gasteiger partial charge in [0.05, 0.1) is 62.4 Å². The molecular weight excluding hydrogens is 1400 g/mol. The number of H-pyrrole nitrogens is 2. The van der Waals surface area contributed by atoms with Gasteiger partial charge in [0.2, 0.25) is 0 Å². The summed E-state index contributed by atoms with van der Waals surface area (Å²) in [5.41, 5.74) is 19.1. The quantitative estimate of drug-likeness (QED) is 0.0368. The largest absolute Gasteiger partial charge is 0.493 e. The van der Waals surface area contributed by atoms with Crippen LogP contribution in [0.4, 0.5) is 0 Å². The second kappa shape index (κ2) is 32.2. The van der Waals surface area contributed by atoms with Crippen molar-refractivity contribution in [3.8, 4) is 79.0 Å². The number of unbranched alkanes of at least 4 members (excludes halogenated alkanes) is 6. The van der Waals surface area contributed by atoms with E-state index in [0.29, 0.717) is 39.6 Å². The predicted molar refractivity (Wildman–Crippen MR) is 485 cm³/mol. The van der Waals surface area contributed by atoms with Gasteiger partial charge in [0.15, 0.2) is 0 Å². The highest BCUT2D eigenvalue weighted by atomic mass is 16.5. The van der Waals surface area contributed by atoms with Gasteiger partial charge in [0.25, 0.3) is 0 Å². The lowest BCUT2D eigenvalue weighted by molar-refractivity contribution is 0.298. The third-order valence-electron chi connectivity index (χ3n) is 23.3. The summed E-state index contributed by atoms with van der Waals surface area (Å²) in [5, 5.41) is 12.8. The summed E-state index contributed by atoms with van der Waals surface area (Å²) in [4.78, 5) is 20.7. The molecule has 10 aromatic carbocycles. The Labute approximate surface area is 675 Å². The third-order valence-corrected chi connectivity index (χ3v) is 23.3. The van der Waals surface area contributed by atoms with Gasteiger partial charge in [-0.3, -0.25) is 0 Å². The second-order valence-corrected chi connectivity index (χ2v) is 36.0. The van der Waals surface area contributed by atoms with Crippen LogP contribution in [0.2, 0.25) is 0 Å². The van der Waals surface area contributed by atoms with Gasteiger partial charge in [-0.1, -0.05) is 212 Å². The van der Waals surface area contributed by atoms with Gasteiger partial charge in [0, 0.05) is 110 Å². The first-order valence-electron chi connectivity index (χ1n) is 42.7. The first-order chi connectivity index (χ1) is 54.8. The van der Waals surface area contributed by atoms with Crippen molar-refractivity contribution in [3.63, 3.8) is 0 Å². The van der Waals surface area contributed by atoms with Crippen LogP contribution in [0.1, 0.15) is 247 Å². The lowest BCUT2D eigenvalue weighted by Crippen LogP contribution is -2.16. The molecule has 0 amide bonds. The minimum Gasteiger partial charge on any atom is -0.493 e. The minimum atomic E-state index is -0.194. The Morgan fingerprint density at radius 3 is 0.719 bits per heavy atom. The van der Waals surface area contributed by atoms with Gasteiger partial charge < -0.3 is 38.4 Å². The molecular formula is C104H118N4O6. The number of aromatic amines is 2. The van der Waals surface area contributed by atoms with Gasteiger partial charge in [0.1, 0.15) is 34.5 Å². The number of nitrogens with zero attached hydrogens (tertiary/aromatic N) is 2. The average molecular weight is 1520 g/mol. The number of hydrogen-bond acceptors (Lipinski definition) is 8. The van der Waals surface area contributed by atoms with E-state index in [2.05, 4.69) is 292 Å². The van der Waals surface area contributed by atoms with E-state index in [0.717, 1.165) is 266 Å². The molecule has 0 atom stereocenters. The van der Waals surface area contributed by atoms with Crippen LogP contribution in [-0.2, 0) is 21.7 Å². The van der Waals surface area contributed by atoms with Gasteiger partial charge in [-0.05, 0) is 213 Å². The zero-order chi connectivity index (χ0) is 80.1. The highest BCUT2D eigenvalue weighted by Gasteiger charge is 2.31. The summed E-state index contributed by atoms with van der Waals surface area (Å²) in [6, 6.07) is 50.7. The van der Waals surface area contributed by atoms with Crippen molar-refractivity contribution in [2.24, 2.45) is 0 Å². The first-order valence-corrected chi connectivity index (χ1v) is 42.7. The van der Waals surface area contributed by atoms with Crippen LogP contribution in [0, 0.1) is 0 Å². The van der Waals surface area contributed by atoms with E-state index >= 15 is 0 Å². The molecule has 3 aromatic heterocycles. The molecule has 2 aliphatic heterocycles. The molecule has 590 valence electrons. The lowest BCUT2D eigenvalue weighted by Gasteiger charge is -2.26. The summed E-state index contributed by atoms with van der Waals surface area (Å²) >= 11 is 0. The summed E-state index contributed by atoms with van der Waals surface area (Å²) in [5.74, 6) is 4.94. The molecule has 0 radical (unpaired) electrons. The van der Waals surface area contributed by atoms with E-state index in [4.69, 9.17) is 38.4 Å². The van der Waals surface area contributed by atoms with Gasteiger partial charge in [-0.2, -0.15) is 0 Å². The van der Waals surface area contributed by atoms with E-state index < -0.39 is 0 Å². The maximum absolute atomic E-state index is 7.18. The first kappa shape index (κ1) is 78.9. The maximum Gasteiger partial charge on any atom is 0.130 e. The standard InChI is InChI=1S/C104H118N4O6/c1-19-25-47-109-87-59-77(69-31-33-73-89(111-49-27-21-3)61-91(113-51-29-23-5)75-37-35-71(87)95(69)97(73)75)99-83-43-39-79(105-83)93(63-53-65(101(7,8)9)57-66(54-63)102(10,11)12)81-41-45-85(107-81)100(86-46-42-82(108-86)94(80-40-44-84(99)106-80)64-55-67(103(13,14)15)58-68(56-64)104(16,17)18)78-60-88(110-48-26-20-2)72-36-38-76-92(114-52-30-24-6)62-90(112-50-28-22-4)74-34-32-70(78)96(72)98(74)76/h31-46,53-62,105,108H,19-30,47-52H2,1-18H3.